The van der Waals surface area contributed by atoms with Crippen molar-refractivity contribution in [3.05, 3.63) is 26.7 Å². The van der Waals surface area contributed by atoms with Gasteiger partial charge in [0.1, 0.15) is 0 Å². The fourth-order valence-electron chi connectivity index (χ4n) is 2.02. The van der Waals surface area contributed by atoms with Crippen LogP contribution in [0.15, 0.2) is 5.51 Å². The summed E-state index contributed by atoms with van der Waals surface area (Å²) in [6, 6.07) is 0. The van der Waals surface area contributed by atoms with Gasteiger partial charge in [-0.1, -0.05) is 13.3 Å². The average Bonchev–Trinajstić information content (AvgIpc) is 2.99. The van der Waals surface area contributed by atoms with Gasteiger partial charge in [-0.3, -0.25) is 0 Å². The Morgan fingerprint density at radius 1 is 1.35 bits per heavy atom. The molecule has 0 fully saturated rings. The molecule has 0 aliphatic rings. The van der Waals surface area contributed by atoms with Gasteiger partial charge in [-0.05, 0) is 20.4 Å². The Bertz CT molecular complexity index is 524. The van der Waals surface area contributed by atoms with Gasteiger partial charge >= 0.3 is 0 Å². The summed E-state index contributed by atoms with van der Waals surface area (Å²) < 4.78 is 0. The number of nitrogens with zero attached hydrogens (tertiary/aromatic N) is 3. The van der Waals surface area contributed by atoms with Crippen LogP contribution in [0.25, 0.3) is 0 Å². The first-order chi connectivity index (χ1) is 9.65. The zero-order valence-electron chi connectivity index (χ0n) is 12.6. The van der Waals surface area contributed by atoms with Crippen molar-refractivity contribution < 1.29 is 0 Å². The predicted octanol–water partition coefficient (Wildman–Crippen LogP) is 3.22. The molecule has 0 saturated heterocycles. The fraction of sp³-hybridized carbons (Fsp3) is 0.571. The summed E-state index contributed by atoms with van der Waals surface area (Å²) in [6.07, 6.45) is 2.19. The molecule has 0 spiro atoms. The van der Waals surface area contributed by atoms with Crippen LogP contribution in [0.3, 0.4) is 0 Å². The molecule has 6 heteroatoms. The van der Waals surface area contributed by atoms with Gasteiger partial charge in [-0.25, -0.2) is 9.97 Å². The minimum absolute atomic E-state index is 0.884. The van der Waals surface area contributed by atoms with E-state index in [1.807, 2.05) is 12.6 Å². The van der Waals surface area contributed by atoms with Crippen molar-refractivity contribution in [3.8, 4) is 0 Å². The SMILES string of the molecule is CCCc1nc(N(C)Cc2scnc2C)sc1CNC. The van der Waals surface area contributed by atoms with E-state index in [0.29, 0.717) is 0 Å². The van der Waals surface area contributed by atoms with E-state index in [0.717, 1.165) is 36.8 Å². The number of aryl methyl sites for hydroxylation is 2. The topological polar surface area (TPSA) is 41.1 Å². The van der Waals surface area contributed by atoms with Crippen LogP contribution in [-0.2, 0) is 19.5 Å². The molecule has 20 heavy (non-hydrogen) atoms. The van der Waals surface area contributed by atoms with E-state index in [1.165, 1.54) is 15.4 Å². The highest BCUT2D eigenvalue weighted by atomic mass is 32.1. The molecule has 2 aromatic heterocycles. The molecule has 2 rings (SSSR count). The maximum Gasteiger partial charge on any atom is 0.185 e. The van der Waals surface area contributed by atoms with Crippen LogP contribution in [0.2, 0.25) is 0 Å². The van der Waals surface area contributed by atoms with Crippen LogP contribution in [-0.4, -0.2) is 24.1 Å². The van der Waals surface area contributed by atoms with E-state index in [9.17, 15) is 0 Å². The van der Waals surface area contributed by atoms with Gasteiger partial charge in [0.15, 0.2) is 5.13 Å². The van der Waals surface area contributed by atoms with E-state index in [-0.39, 0.29) is 0 Å². The van der Waals surface area contributed by atoms with Crippen molar-refractivity contribution in [3.63, 3.8) is 0 Å². The van der Waals surface area contributed by atoms with Crippen molar-refractivity contribution in [1.29, 1.82) is 0 Å². The minimum Gasteiger partial charge on any atom is -0.346 e. The normalized spacial score (nSPS) is 11.0. The lowest BCUT2D eigenvalue weighted by Gasteiger charge is -2.14. The smallest absolute Gasteiger partial charge is 0.185 e. The lowest BCUT2D eigenvalue weighted by Crippen LogP contribution is -2.16. The molecule has 0 aliphatic carbocycles. The summed E-state index contributed by atoms with van der Waals surface area (Å²) in [6.45, 7) is 6.05. The molecule has 4 nitrogen and oxygen atoms in total. The number of anilines is 1. The van der Waals surface area contributed by atoms with Crippen LogP contribution >= 0.6 is 22.7 Å². The second-order valence-corrected chi connectivity index (χ2v) is 6.87. The Labute approximate surface area is 128 Å². The Morgan fingerprint density at radius 3 is 2.75 bits per heavy atom. The predicted molar refractivity (Wildman–Crippen MR) is 87.8 cm³/mol. The highest BCUT2D eigenvalue weighted by molar-refractivity contribution is 7.15. The fourth-order valence-corrected chi connectivity index (χ4v) is 3.93. The van der Waals surface area contributed by atoms with E-state index in [1.54, 1.807) is 22.7 Å². The quantitative estimate of drug-likeness (QED) is 0.852. The average molecular weight is 310 g/mol. The lowest BCUT2D eigenvalue weighted by molar-refractivity contribution is 0.796. The molecule has 0 unspecified atom stereocenters. The summed E-state index contributed by atoms with van der Waals surface area (Å²) in [5, 5.41) is 4.34. The molecule has 0 bridgehead atoms. The molecule has 0 aliphatic heterocycles. The molecule has 0 amide bonds. The molecule has 0 atom stereocenters. The Kier molecular flexibility index (Phi) is 5.51. The molecule has 2 aromatic rings. The Morgan fingerprint density at radius 2 is 2.15 bits per heavy atom. The Balaban J connectivity index is 2.14. The van der Waals surface area contributed by atoms with Gasteiger partial charge in [-0.2, -0.15) is 0 Å². The van der Waals surface area contributed by atoms with Crippen LogP contribution in [0.5, 0.6) is 0 Å². The zero-order valence-corrected chi connectivity index (χ0v) is 14.2. The zero-order chi connectivity index (χ0) is 14.5. The molecule has 0 radical (unpaired) electrons. The number of rotatable bonds is 7. The third-order valence-electron chi connectivity index (χ3n) is 3.14. The summed E-state index contributed by atoms with van der Waals surface area (Å²) in [4.78, 5) is 14.0. The maximum atomic E-state index is 4.82. The van der Waals surface area contributed by atoms with Gasteiger partial charge in [0.05, 0.1) is 23.4 Å². The van der Waals surface area contributed by atoms with Crippen molar-refractivity contribution in [2.45, 2.75) is 39.8 Å². The highest BCUT2D eigenvalue weighted by Crippen LogP contribution is 2.28. The molecule has 1 N–H and O–H groups in total. The van der Waals surface area contributed by atoms with E-state index >= 15 is 0 Å². The van der Waals surface area contributed by atoms with Crippen molar-refractivity contribution in [2.75, 3.05) is 19.0 Å². The molecule has 0 aromatic carbocycles. The first kappa shape index (κ1) is 15.4. The van der Waals surface area contributed by atoms with Gasteiger partial charge in [0.25, 0.3) is 0 Å². The van der Waals surface area contributed by atoms with Gasteiger partial charge in [0, 0.05) is 23.3 Å². The first-order valence-corrected chi connectivity index (χ1v) is 8.58. The maximum absolute atomic E-state index is 4.82. The second-order valence-electron chi connectivity index (χ2n) is 4.86. The summed E-state index contributed by atoms with van der Waals surface area (Å²) in [7, 11) is 4.09. The number of thiazole rings is 2. The molecule has 110 valence electrons. The van der Waals surface area contributed by atoms with Crippen LogP contribution in [0.4, 0.5) is 5.13 Å². The van der Waals surface area contributed by atoms with Crippen molar-refractivity contribution >= 4 is 27.8 Å². The Hall–Kier alpha value is -0.980. The third-order valence-corrected chi connectivity index (χ3v) is 5.28. The first-order valence-electron chi connectivity index (χ1n) is 6.89. The van der Waals surface area contributed by atoms with Crippen molar-refractivity contribution in [1.82, 2.24) is 15.3 Å². The van der Waals surface area contributed by atoms with E-state index < -0.39 is 0 Å². The monoisotopic (exact) mass is 310 g/mol. The standard InChI is InChI=1S/C14H22N4S2/c1-5-6-11-12(7-15-3)20-14(17-11)18(4)8-13-10(2)16-9-19-13/h9,15H,5-8H2,1-4H3. The molecule has 0 saturated carbocycles. The summed E-state index contributed by atoms with van der Waals surface area (Å²) in [5.41, 5.74) is 4.28. The summed E-state index contributed by atoms with van der Waals surface area (Å²) >= 11 is 3.51. The number of hydrogen-bond donors (Lipinski definition) is 1. The van der Waals surface area contributed by atoms with Gasteiger partial charge in [-0.15, -0.1) is 22.7 Å². The number of aromatic nitrogens is 2. The third kappa shape index (κ3) is 3.56. The highest BCUT2D eigenvalue weighted by Gasteiger charge is 2.14. The lowest BCUT2D eigenvalue weighted by atomic mass is 10.2. The molecular formula is C14H22N4S2. The van der Waals surface area contributed by atoms with E-state index in [4.69, 9.17) is 4.98 Å². The largest absolute Gasteiger partial charge is 0.346 e. The molecular weight excluding hydrogens is 288 g/mol. The summed E-state index contributed by atoms with van der Waals surface area (Å²) in [5.74, 6) is 0. The van der Waals surface area contributed by atoms with E-state index in [2.05, 4.69) is 36.1 Å². The van der Waals surface area contributed by atoms with Gasteiger partial charge < -0.3 is 10.2 Å². The number of hydrogen-bond acceptors (Lipinski definition) is 6. The van der Waals surface area contributed by atoms with Crippen LogP contribution < -0.4 is 10.2 Å². The van der Waals surface area contributed by atoms with Crippen LogP contribution in [0.1, 0.15) is 34.5 Å². The number of nitrogens with one attached hydrogen (secondary N) is 1. The van der Waals surface area contributed by atoms with Crippen LogP contribution in [0, 0.1) is 6.92 Å². The second kappa shape index (κ2) is 7.15. The van der Waals surface area contributed by atoms with Crippen molar-refractivity contribution in [2.24, 2.45) is 0 Å². The van der Waals surface area contributed by atoms with Gasteiger partial charge in [0.2, 0.25) is 0 Å². The molecule has 2 heterocycles. The minimum atomic E-state index is 0.884.